The summed E-state index contributed by atoms with van der Waals surface area (Å²) in [5, 5.41) is 12.8. The molecule has 0 amide bonds. The van der Waals surface area contributed by atoms with Crippen molar-refractivity contribution in [2.45, 2.75) is 26.9 Å². The number of aliphatic hydroxyl groups excluding tert-OH is 1. The number of rotatable bonds is 2. The van der Waals surface area contributed by atoms with Gasteiger partial charge in [0.2, 0.25) is 11.6 Å². The van der Waals surface area contributed by atoms with Crippen molar-refractivity contribution in [3.05, 3.63) is 17.4 Å². The predicted octanol–water partition coefficient (Wildman–Crippen LogP) is 1.39. The molecule has 0 aliphatic rings. The minimum atomic E-state index is -0.758. The van der Waals surface area contributed by atoms with Crippen LogP contribution < -0.4 is 0 Å². The molecule has 2 aromatic rings. The number of aliphatic hydroxyl groups is 1. The van der Waals surface area contributed by atoms with Gasteiger partial charge in [-0.15, -0.1) is 0 Å². The first-order chi connectivity index (χ1) is 7.08. The van der Waals surface area contributed by atoms with E-state index < -0.39 is 6.10 Å². The Morgan fingerprint density at radius 2 is 2.00 bits per heavy atom. The van der Waals surface area contributed by atoms with Gasteiger partial charge in [0.15, 0.2) is 5.89 Å². The van der Waals surface area contributed by atoms with E-state index in [4.69, 9.17) is 8.94 Å². The van der Waals surface area contributed by atoms with E-state index in [1.807, 2.05) is 0 Å². The monoisotopic (exact) mass is 209 g/mol. The molecule has 6 nitrogen and oxygen atoms in total. The number of nitrogens with zero attached hydrogens (tertiary/aromatic N) is 3. The van der Waals surface area contributed by atoms with E-state index in [-0.39, 0.29) is 11.7 Å². The lowest BCUT2D eigenvalue weighted by Gasteiger charge is -1.91. The average molecular weight is 209 g/mol. The molecule has 0 aliphatic heterocycles. The molecular formula is C9H11N3O3. The van der Waals surface area contributed by atoms with Gasteiger partial charge in [-0.3, -0.25) is 0 Å². The van der Waals surface area contributed by atoms with Gasteiger partial charge in [-0.25, -0.2) is 4.98 Å². The van der Waals surface area contributed by atoms with Crippen molar-refractivity contribution < 1.29 is 14.0 Å². The largest absolute Gasteiger partial charge is 0.436 e. The molecule has 2 aromatic heterocycles. The molecule has 0 aromatic carbocycles. The molecule has 0 saturated carbocycles. The van der Waals surface area contributed by atoms with Gasteiger partial charge in [0.05, 0.1) is 5.69 Å². The van der Waals surface area contributed by atoms with E-state index in [9.17, 15) is 5.11 Å². The highest BCUT2D eigenvalue weighted by Gasteiger charge is 2.18. The molecule has 0 saturated heterocycles. The van der Waals surface area contributed by atoms with Crippen LogP contribution in [0, 0.1) is 13.8 Å². The fourth-order valence-corrected chi connectivity index (χ4v) is 1.23. The van der Waals surface area contributed by atoms with Crippen LogP contribution >= 0.6 is 0 Å². The molecule has 1 N–H and O–H groups in total. The number of aromatic nitrogens is 3. The average Bonchev–Trinajstić information content (AvgIpc) is 2.71. The second kappa shape index (κ2) is 3.47. The molecular weight excluding hydrogens is 198 g/mol. The van der Waals surface area contributed by atoms with Gasteiger partial charge >= 0.3 is 0 Å². The number of hydrogen-bond donors (Lipinski definition) is 1. The minimum absolute atomic E-state index is 0.235. The van der Waals surface area contributed by atoms with Crippen LogP contribution in [0.1, 0.15) is 30.4 Å². The first-order valence-corrected chi connectivity index (χ1v) is 4.54. The molecule has 0 fully saturated rings. The first-order valence-electron chi connectivity index (χ1n) is 4.54. The van der Waals surface area contributed by atoms with Gasteiger partial charge in [-0.2, -0.15) is 4.98 Å². The fourth-order valence-electron chi connectivity index (χ4n) is 1.23. The summed E-state index contributed by atoms with van der Waals surface area (Å²) in [5.74, 6) is 1.47. The fraction of sp³-hybridized carbons (Fsp3) is 0.444. The molecule has 80 valence electrons. The molecule has 1 atom stereocenters. The third-order valence-electron chi connectivity index (χ3n) is 1.91. The summed E-state index contributed by atoms with van der Waals surface area (Å²) >= 11 is 0. The Morgan fingerprint density at radius 3 is 2.47 bits per heavy atom. The zero-order chi connectivity index (χ0) is 11.0. The third-order valence-corrected chi connectivity index (χ3v) is 1.91. The first kappa shape index (κ1) is 9.85. The summed E-state index contributed by atoms with van der Waals surface area (Å²) in [7, 11) is 0. The number of hydrogen-bond acceptors (Lipinski definition) is 6. The second-order valence-corrected chi connectivity index (χ2v) is 3.28. The highest BCUT2D eigenvalue weighted by atomic mass is 16.5. The Kier molecular flexibility index (Phi) is 2.28. The van der Waals surface area contributed by atoms with Crippen molar-refractivity contribution >= 4 is 0 Å². The predicted molar refractivity (Wildman–Crippen MR) is 49.9 cm³/mol. The maximum atomic E-state index is 9.23. The number of aryl methyl sites for hydroxylation is 2. The Labute approximate surface area is 85.9 Å². The molecule has 0 spiro atoms. The van der Waals surface area contributed by atoms with Crippen LogP contribution in [-0.2, 0) is 0 Å². The third kappa shape index (κ3) is 1.75. The number of oxazole rings is 1. The zero-order valence-electron chi connectivity index (χ0n) is 8.68. The highest BCUT2D eigenvalue weighted by Crippen LogP contribution is 2.23. The smallest absolute Gasteiger partial charge is 0.295 e. The molecule has 0 bridgehead atoms. The van der Waals surface area contributed by atoms with Gasteiger partial charge < -0.3 is 14.0 Å². The molecule has 6 heteroatoms. The summed E-state index contributed by atoms with van der Waals surface area (Å²) in [6.07, 6.45) is -0.758. The maximum Gasteiger partial charge on any atom is 0.295 e. The van der Waals surface area contributed by atoms with Crippen molar-refractivity contribution in [2.24, 2.45) is 0 Å². The van der Waals surface area contributed by atoms with Gasteiger partial charge in [-0.05, 0) is 13.8 Å². The topological polar surface area (TPSA) is 85.2 Å². The quantitative estimate of drug-likeness (QED) is 0.804. The second-order valence-electron chi connectivity index (χ2n) is 3.28. The van der Waals surface area contributed by atoms with E-state index in [0.717, 1.165) is 0 Å². The summed E-state index contributed by atoms with van der Waals surface area (Å²) in [6.45, 7) is 5.09. The Balaban J connectivity index is 2.41. The minimum Gasteiger partial charge on any atom is -0.436 e. The van der Waals surface area contributed by atoms with Crippen LogP contribution in [0.4, 0.5) is 0 Å². The Bertz CT molecular complexity index is 473. The van der Waals surface area contributed by atoms with Crippen molar-refractivity contribution in [3.63, 3.8) is 0 Å². The lowest BCUT2D eigenvalue weighted by Crippen LogP contribution is -1.92. The SMILES string of the molecule is Cc1nc(C)c(-c2nc(C(C)O)no2)o1. The van der Waals surface area contributed by atoms with Crippen molar-refractivity contribution in [3.8, 4) is 11.7 Å². The van der Waals surface area contributed by atoms with Gasteiger partial charge in [0, 0.05) is 6.92 Å². The summed E-state index contributed by atoms with van der Waals surface area (Å²) in [5.41, 5.74) is 0.688. The molecule has 15 heavy (non-hydrogen) atoms. The highest BCUT2D eigenvalue weighted by molar-refractivity contribution is 5.47. The molecule has 2 rings (SSSR count). The lowest BCUT2D eigenvalue weighted by molar-refractivity contribution is 0.184. The standard InChI is InChI=1S/C9H11N3O3/c1-4-7(14-6(3)10-4)9-11-8(5(2)13)12-15-9/h5,13H,1-3H3. The summed E-state index contributed by atoms with van der Waals surface area (Å²) < 4.78 is 10.3. The van der Waals surface area contributed by atoms with Crippen LogP contribution in [0.5, 0.6) is 0 Å². The van der Waals surface area contributed by atoms with Crippen LogP contribution in [-0.4, -0.2) is 20.2 Å². The van der Waals surface area contributed by atoms with Gasteiger partial charge in [0.25, 0.3) is 5.89 Å². The van der Waals surface area contributed by atoms with Crippen LogP contribution in [0.3, 0.4) is 0 Å². The zero-order valence-corrected chi connectivity index (χ0v) is 8.68. The van der Waals surface area contributed by atoms with E-state index in [0.29, 0.717) is 17.3 Å². The maximum absolute atomic E-state index is 9.23. The van der Waals surface area contributed by atoms with Gasteiger partial charge in [0.1, 0.15) is 6.10 Å². The van der Waals surface area contributed by atoms with Crippen molar-refractivity contribution in [1.29, 1.82) is 0 Å². The normalized spacial score (nSPS) is 13.1. The summed E-state index contributed by atoms with van der Waals surface area (Å²) in [6, 6.07) is 0. The Hall–Kier alpha value is -1.69. The van der Waals surface area contributed by atoms with Crippen LogP contribution in [0.15, 0.2) is 8.94 Å². The van der Waals surface area contributed by atoms with E-state index in [2.05, 4.69) is 15.1 Å². The van der Waals surface area contributed by atoms with Crippen LogP contribution in [0.25, 0.3) is 11.7 Å². The molecule has 0 radical (unpaired) electrons. The van der Waals surface area contributed by atoms with Crippen LogP contribution in [0.2, 0.25) is 0 Å². The van der Waals surface area contributed by atoms with Gasteiger partial charge in [-0.1, -0.05) is 5.16 Å². The van der Waals surface area contributed by atoms with Crippen molar-refractivity contribution in [2.75, 3.05) is 0 Å². The molecule has 1 unspecified atom stereocenters. The van der Waals surface area contributed by atoms with E-state index >= 15 is 0 Å². The Morgan fingerprint density at radius 1 is 1.27 bits per heavy atom. The van der Waals surface area contributed by atoms with E-state index in [1.165, 1.54) is 0 Å². The van der Waals surface area contributed by atoms with Crippen molar-refractivity contribution in [1.82, 2.24) is 15.1 Å². The summed E-state index contributed by atoms with van der Waals surface area (Å²) in [4.78, 5) is 8.08. The molecule has 0 aliphatic carbocycles. The molecule has 2 heterocycles. The van der Waals surface area contributed by atoms with E-state index in [1.54, 1.807) is 20.8 Å². The lowest BCUT2D eigenvalue weighted by atomic mass is 10.3.